The lowest BCUT2D eigenvalue weighted by Crippen LogP contribution is -2.28. The molecule has 1 aliphatic heterocycles. The molecule has 0 unspecified atom stereocenters. The van der Waals surface area contributed by atoms with Crippen molar-refractivity contribution in [1.82, 2.24) is 14.8 Å². The molecular weight excluding hydrogens is 403 g/mol. The Morgan fingerprint density at radius 2 is 1.90 bits per heavy atom. The van der Waals surface area contributed by atoms with E-state index >= 15 is 0 Å². The maximum absolute atomic E-state index is 13.4. The summed E-state index contributed by atoms with van der Waals surface area (Å²) in [6.07, 6.45) is 1.22. The average molecular weight is 426 g/mol. The number of nitrogens with zero attached hydrogens (tertiary/aromatic N) is 3. The standard InChI is InChI=1S/C22H23FN4O4/c1-12(2)19-18-16(25-21(28)13-7-9-31-10-8-13)11-17(22(29)30)24-20(18)27(26-19)15-5-3-14(23)4-6-15/h3-6,11-13H,7-10H2,1-2H3,(H,29,30)(H,24,25,28). The summed E-state index contributed by atoms with van der Waals surface area (Å²) < 4.78 is 20.2. The predicted octanol–water partition coefficient (Wildman–Crippen LogP) is 3.75. The van der Waals surface area contributed by atoms with Gasteiger partial charge in [-0.15, -0.1) is 0 Å². The number of amides is 1. The predicted molar refractivity (Wildman–Crippen MR) is 112 cm³/mol. The van der Waals surface area contributed by atoms with Gasteiger partial charge >= 0.3 is 5.97 Å². The van der Waals surface area contributed by atoms with Gasteiger partial charge in [0, 0.05) is 19.1 Å². The van der Waals surface area contributed by atoms with Crippen LogP contribution in [-0.2, 0) is 9.53 Å². The lowest BCUT2D eigenvalue weighted by Gasteiger charge is -2.21. The number of fused-ring (bicyclic) bond motifs is 1. The van der Waals surface area contributed by atoms with E-state index in [2.05, 4.69) is 15.4 Å². The zero-order valence-electron chi connectivity index (χ0n) is 17.3. The largest absolute Gasteiger partial charge is 0.477 e. The van der Waals surface area contributed by atoms with E-state index in [-0.39, 0.29) is 29.1 Å². The number of rotatable bonds is 5. The Kier molecular flexibility index (Phi) is 5.69. The molecule has 31 heavy (non-hydrogen) atoms. The van der Waals surface area contributed by atoms with Crippen molar-refractivity contribution in [3.8, 4) is 5.69 Å². The lowest BCUT2D eigenvalue weighted by molar-refractivity contribution is -0.122. The van der Waals surface area contributed by atoms with Crippen molar-refractivity contribution in [2.45, 2.75) is 32.6 Å². The van der Waals surface area contributed by atoms with Crippen molar-refractivity contribution in [2.75, 3.05) is 18.5 Å². The molecule has 2 N–H and O–H groups in total. The third kappa shape index (κ3) is 4.13. The molecule has 1 saturated heterocycles. The fourth-order valence-corrected chi connectivity index (χ4v) is 3.71. The van der Waals surface area contributed by atoms with Crippen molar-refractivity contribution in [1.29, 1.82) is 0 Å². The zero-order chi connectivity index (χ0) is 22.1. The lowest BCUT2D eigenvalue weighted by atomic mass is 9.99. The van der Waals surface area contributed by atoms with Gasteiger partial charge in [0.25, 0.3) is 0 Å². The number of aromatic nitrogens is 3. The Balaban J connectivity index is 1.88. The second-order valence-corrected chi connectivity index (χ2v) is 7.86. The highest BCUT2D eigenvalue weighted by Gasteiger charge is 2.26. The highest BCUT2D eigenvalue weighted by Crippen LogP contribution is 2.33. The summed E-state index contributed by atoms with van der Waals surface area (Å²) in [5, 5.41) is 17.7. The van der Waals surface area contributed by atoms with Gasteiger partial charge in [-0.05, 0) is 49.1 Å². The molecular formula is C22H23FN4O4. The van der Waals surface area contributed by atoms with Crippen LogP contribution in [0.4, 0.5) is 10.1 Å². The summed E-state index contributed by atoms with van der Waals surface area (Å²) in [5.41, 5.74) is 1.63. The molecule has 8 nitrogen and oxygen atoms in total. The summed E-state index contributed by atoms with van der Waals surface area (Å²) in [6, 6.07) is 7.05. The van der Waals surface area contributed by atoms with Gasteiger partial charge in [0.15, 0.2) is 11.3 Å². The normalized spacial score (nSPS) is 14.8. The van der Waals surface area contributed by atoms with Gasteiger partial charge in [-0.1, -0.05) is 13.8 Å². The molecule has 0 atom stereocenters. The number of hydrogen-bond donors (Lipinski definition) is 2. The molecule has 0 saturated carbocycles. The molecule has 2 aromatic heterocycles. The second-order valence-electron chi connectivity index (χ2n) is 7.86. The van der Waals surface area contributed by atoms with Crippen LogP contribution in [0.15, 0.2) is 30.3 Å². The van der Waals surface area contributed by atoms with E-state index in [1.165, 1.54) is 22.9 Å². The number of carbonyl (C=O) groups is 2. The molecule has 4 rings (SSSR count). The van der Waals surface area contributed by atoms with Crippen molar-refractivity contribution >= 4 is 28.6 Å². The average Bonchev–Trinajstić information content (AvgIpc) is 3.15. The van der Waals surface area contributed by atoms with Gasteiger partial charge < -0.3 is 15.2 Å². The van der Waals surface area contributed by atoms with E-state index in [9.17, 15) is 19.1 Å². The van der Waals surface area contributed by atoms with E-state index in [1.54, 1.807) is 12.1 Å². The highest BCUT2D eigenvalue weighted by molar-refractivity contribution is 6.04. The monoisotopic (exact) mass is 426 g/mol. The fraction of sp³-hybridized carbons (Fsp3) is 0.364. The second kappa shape index (κ2) is 8.43. The number of carboxylic acids is 1. The number of carbonyl (C=O) groups excluding carboxylic acids is 1. The number of ether oxygens (including phenoxy) is 1. The number of hydrogen-bond acceptors (Lipinski definition) is 5. The van der Waals surface area contributed by atoms with Crippen LogP contribution in [-0.4, -0.2) is 45.0 Å². The number of halogens is 1. The molecule has 3 heterocycles. The van der Waals surface area contributed by atoms with Gasteiger partial charge in [0.05, 0.1) is 22.5 Å². The van der Waals surface area contributed by atoms with Crippen molar-refractivity contribution in [2.24, 2.45) is 5.92 Å². The van der Waals surface area contributed by atoms with Crippen LogP contribution >= 0.6 is 0 Å². The number of carboxylic acid groups (broad SMARTS) is 1. The Hall–Kier alpha value is -3.33. The SMILES string of the molecule is CC(C)c1nn(-c2ccc(F)cc2)c2nc(C(=O)O)cc(NC(=O)C3CCOCC3)c12. The number of anilines is 1. The van der Waals surface area contributed by atoms with Crippen LogP contribution in [0.5, 0.6) is 0 Å². The molecule has 0 bridgehead atoms. The molecule has 0 radical (unpaired) electrons. The van der Waals surface area contributed by atoms with Crippen LogP contribution in [0, 0.1) is 11.7 Å². The maximum Gasteiger partial charge on any atom is 0.354 e. The van der Waals surface area contributed by atoms with Crippen LogP contribution in [0.2, 0.25) is 0 Å². The van der Waals surface area contributed by atoms with Gasteiger partial charge in [-0.2, -0.15) is 5.10 Å². The highest BCUT2D eigenvalue weighted by atomic mass is 19.1. The Bertz CT molecular complexity index is 1130. The molecule has 1 fully saturated rings. The van der Waals surface area contributed by atoms with Crippen LogP contribution in [0.1, 0.15) is 48.8 Å². The van der Waals surface area contributed by atoms with E-state index in [0.717, 1.165) is 0 Å². The fourth-order valence-electron chi connectivity index (χ4n) is 3.71. The quantitative estimate of drug-likeness (QED) is 0.644. The van der Waals surface area contributed by atoms with Crippen molar-refractivity contribution < 1.29 is 23.8 Å². The number of aromatic carboxylic acids is 1. The van der Waals surface area contributed by atoms with Gasteiger partial charge in [-0.25, -0.2) is 18.9 Å². The van der Waals surface area contributed by atoms with Crippen LogP contribution in [0.25, 0.3) is 16.7 Å². The smallest absolute Gasteiger partial charge is 0.354 e. The van der Waals surface area contributed by atoms with Crippen LogP contribution in [0.3, 0.4) is 0 Å². The number of pyridine rings is 1. The first kappa shape index (κ1) is 20.9. The molecule has 1 aliphatic rings. The van der Waals surface area contributed by atoms with Crippen molar-refractivity contribution in [3.63, 3.8) is 0 Å². The topological polar surface area (TPSA) is 106 Å². The molecule has 1 amide bonds. The first-order valence-corrected chi connectivity index (χ1v) is 10.2. The van der Waals surface area contributed by atoms with Gasteiger partial charge in [0.2, 0.25) is 5.91 Å². The first-order valence-electron chi connectivity index (χ1n) is 10.2. The molecule has 1 aromatic carbocycles. The minimum atomic E-state index is -1.22. The maximum atomic E-state index is 13.4. The number of benzene rings is 1. The minimum Gasteiger partial charge on any atom is -0.477 e. The Morgan fingerprint density at radius 3 is 2.52 bits per heavy atom. The molecule has 0 spiro atoms. The minimum absolute atomic E-state index is 0.0274. The summed E-state index contributed by atoms with van der Waals surface area (Å²) in [6.45, 7) is 4.94. The summed E-state index contributed by atoms with van der Waals surface area (Å²) >= 11 is 0. The Labute approximate surface area is 178 Å². The Morgan fingerprint density at radius 1 is 1.23 bits per heavy atom. The van der Waals surface area contributed by atoms with E-state index in [1.807, 2.05) is 13.8 Å². The summed E-state index contributed by atoms with van der Waals surface area (Å²) in [4.78, 5) is 28.9. The summed E-state index contributed by atoms with van der Waals surface area (Å²) in [7, 11) is 0. The van der Waals surface area contributed by atoms with E-state index < -0.39 is 11.8 Å². The van der Waals surface area contributed by atoms with Crippen molar-refractivity contribution in [3.05, 3.63) is 47.5 Å². The van der Waals surface area contributed by atoms with Gasteiger partial charge in [0.1, 0.15) is 5.82 Å². The molecule has 0 aliphatic carbocycles. The first-order chi connectivity index (χ1) is 14.8. The zero-order valence-corrected chi connectivity index (χ0v) is 17.3. The third-order valence-corrected chi connectivity index (χ3v) is 5.35. The molecule has 9 heteroatoms. The third-order valence-electron chi connectivity index (χ3n) is 5.35. The molecule has 3 aromatic rings. The van der Waals surface area contributed by atoms with E-state index in [4.69, 9.17) is 4.74 Å². The number of nitrogens with one attached hydrogen (secondary N) is 1. The molecule has 162 valence electrons. The van der Waals surface area contributed by atoms with E-state index in [0.29, 0.717) is 48.5 Å². The van der Waals surface area contributed by atoms with Crippen LogP contribution < -0.4 is 5.32 Å². The van der Waals surface area contributed by atoms with Gasteiger partial charge in [-0.3, -0.25) is 4.79 Å². The summed E-state index contributed by atoms with van der Waals surface area (Å²) in [5.74, 6) is -2.04.